The minimum atomic E-state index is -0.196. The number of amides is 2. The fourth-order valence-electron chi connectivity index (χ4n) is 5.85. The first-order valence-electron chi connectivity index (χ1n) is 19.3. The Morgan fingerprint density at radius 3 is 1.82 bits per heavy atom. The molecular weight excluding hydrogens is 708 g/mol. The van der Waals surface area contributed by atoms with Crippen molar-refractivity contribution >= 4 is 40.2 Å². The summed E-state index contributed by atoms with van der Waals surface area (Å²) in [5, 5.41) is 7.33. The Morgan fingerprint density at radius 1 is 0.745 bits per heavy atom. The fraction of sp³-hybridized carbons (Fsp3) is 0.370. The van der Waals surface area contributed by atoms with E-state index in [4.69, 9.17) is 16.3 Å². The zero-order valence-corrected chi connectivity index (χ0v) is 33.8. The molecule has 3 aromatic rings. The number of halogens is 1. The number of carbonyl (C=O) groups is 3. The molecule has 0 unspecified atom stereocenters. The van der Waals surface area contributed by atoms with Crippen LogP contribution in [0.3, 0.4) is 0 Å². The molecule has 0 aliphatic carbocycles. The first kappa shape index (κ1) is 44.5. The number of fused-ring (bicyclic) bond motifs is 1. The van der Waals surface area contributed by atoms with Gasteiger partial charge in [-0.25, -0.2) is 0 Å². The zero-order valence-electron chi connectivity index (χ0n) is 33.1. The third-order valence-corrected chi connectivity index (χ3v) is 9.19. The molecular formula is C46H59ClN4O4. The van der Waals surface area contributed by atoms with Gasteiger partial charge in [0.15, 0.2) is 0 Å². The summed E-state index contributed by atoms with van der Waals surface area (Å²) >= 11 is 6.04. The van der Waals surface area contributed by atoms with Gasteiger partial charge in [0.25, 0.3) is 5.91 Å². The number of nitrogens with zero attached hydrogens (tertiary/aromatic N) is 2. The smallest absolute Gasteiger partial charge is 0.262 e. The van der Waals surface area contributed by atoms with Gasteiger partial charge in [-0.2, -0.15) is 0 Å². The second-order valence-corrected chi connectivity index (χ2v) is 13.7. The van der Waals surface area contributed by atoms with Gasteiger partial charge in [0, 0.05) is 54.3 Å². The Balaban J connectivity index is 1.29. The number of nitrogens with one attached hydrogen (secondary N) is 2. The van der Waals surface area contributed by atoms with E-state index in [1.54, 1.807) is 35.9 Å². The molecule has 2 N–H and O–H groups in total. The quantitative estimate of drug-likeness (QED) is 0.0887. The number of aromatic nitrogens is 1. The highest BCUT2D eigenvalue weighted by Gasteiger charge is 2.22. The topological polar surface area (TPSA) is 92.7 Å². The molecule has 8 nitrogen and oxygen atoms in total. The van der Waals surface area contributed by atoms with Crippen LogP contribution in [0.4, 0.5) is 0 Å². The fourth-order valence-corrected chi connectivity index (χ4v) is 5.97. The molecule has 0 bridgehead atoms. The number of hydrogen-bond acceptors (Lipinski definition) is 5. The lowest BCUT2D eigenvalue weighted by Gasteiger charge is -2.17. The highest BCUT2D eigenvalue weighted by Crippen LogP contribution is 2.31. The molecule has 2 amide bonds. The third kappa shape index (κ3) is 16.5. The van der Waals surface area contributed by atoms with Crippen LogP contribution in [0.2, 0.25) is 5.02 Å². The van der Waals surface area contributed by atoms with Crippen LogP contribution in [0.25, 0.3) is 10.9 Å². The summed E-state index contributed by atoms with van der Waals surface area (Å²) in [5.74, 6) is 0.341. The number of likely N-dealkylation sites (N-methyl/N-ethyl adjacent to an activating group) is 1. The van der Waals surface area contributed by atoms with E-state index in [-0.39, 0.29) is 24.1 Å². The monoisotopic (exact) mass is 766 g/mol. The summed E-state index contributed by atoms with van der Waals surface area (Å²) in [6.45, 7) is 6.29. The number of rotatable bonds is 24. The second-order valence-electron chi connectivity index (χ2n) is 13.2. The van der Waals surface area contributed by atoms with Crippen LogP contribution in [0.15, 0.2) is 115 Å². The van der Waals surface area contributed by atoms with Gasteiger partial charge >= 0.3 is 0 Å². The summed E-state index contributed by atoms with van der Waals surface area (Å²) < 4.78 is 7.09. The maximum Gasteiger partial charge on any atom is 0.262 e. The zero-order chi connectivity index (χ0) is 39.7. The summed E-state index contributed by atoms with van der Waals surface area (Å²) in [7, 11) is 3.55. The first-order chi connectivity index (χ1) is 26.7. The van der Waals surface area contributed by atoms with Gasteiger partial charge in [0.05, 0.1) is 19.0 Å². The van der Waals surface area contributed by atoms with Crippen LogP contribution in [0.1, 0.15) is 79.9 Å². The Kier molecular flexibility index (Phi) is 21.0. The maximum absolute atomic E-state index is 13.6. The number of methoxy groups -OCH3 is 1. The molecule has 0 saturated carbocycles. The van der Waals surface area contributed by atoms with Crippen LogP contribution in [-0.2, 0) is 16.0 Å². The number of carbonyl (C=O) groups excluding carboxylic acids is 3. The van der Waals surface area contributed by atoms with Crippen molar-refractivity contribution in [2.24, 2.45) is 0 Å². The van der Waals surface area contributed by atoms with Crippen molar-refractivity contribution in [3.8, 4) is 5.75 Å². The van der Waals surface area contributed by atoms with Crippen molar-refractivity contribution in [3.05, 3.63) is 137 Å². The second kappa shape index (κ2) is 26.0. The molecule has 0 fully saturated rings. The van der Waals surface area contributed by atoms with Crippen LogP contribution >= 0.6 is 11.6 Å². The van der Waals surface area contributed by atoms with Crippen molar-refractivity contribution in [2.75, 3.05) is 40.3 Å². The van der Waals surface area contributed by atoms with E-state index in [2.05, 4.69) is 95.4 Å². The summed E-state index contributed by atoms with van der Waals surface area (Å²) in [6, 6.07) is 12.3. The number of benzene rings is 2. The van der Waals surface area contributed by atoms with E-state index in [0.29, 0.717) is 66.6 Å². The number of allylic oxidation sites excluding steroid dienone is 12. The van der Waals surface area contributed by atoms with E-state index >= 15 is 0 Å². The van der Waals surface area contributed by atoms with E-state index < -0.39 is 0 Å². The lowest BCUT2D eigenvalue weighted by molar-refractivity contribution is -0.121. The average molecular weight is 767 g/mol. The van der Waals surface area contributed by atoms with Gasteiger partial charge in [0.2, 0.25) is 11.8 Å². The van der Waals surface area contributed by atoms with Gasteiger partial charge < -0.3 is 20.3 Å². The lowest BCUT2D eigenvalue weighted by atomic mass is 10.1. The first-order valence-corrected chi connectivity index (χ1v) is 19.7. The van der Waals surface area contributed by atoms with Crippen LogP contribution in [0.5, 0.6) is 5.75 Å². The molecule has 0 radical (unpaired) electrons. The third-order valence-electron chi connectivity index (χ3n) is 8.94. The van der Waals surface area contributed by atoms with Crippen LogP contribution < -0.4 is 15.4 Å². The number of hydrogen-bond donors (Lipinski definition) is 2. The average Bonchev–Trinajstić information content (AvgIpc) is 3.44. The predicted octanol–water partition coefficient (Wildman–Crippen LogP) is 9.48. The largest absolute Gasteiger partial charge is 0.497 e. The summed E-state index contributed by atoms with van der Waals surface area (Å²) in [4.78, 5) is 41.0. The minimum Gasteiger partial charge on any atom is -0.497 e. The van der Waals surface area contributed by atoms with Gasteiger partial charge in [0.1, 0.15) is 5.75 Å². The molecule has 2 aromatic carbocycles. The van der Waals surface area contributed by atoms with Crippen molar-refractivity contribution in [2.45, 2.75) is 71.6 Å². The SMILES string of the molecule is CCC=CCC=CCC=CCC=CCC=CCC=CCCC(=O)NCCN(C)CCNC(=O)Cc1c(C)n(C(=O)c2ccc(Cl)cc2)c2ccc(OC)cc12. The molecule has 0 aliphatic rings. The highest BCUT2D eigenvalue weighted by molar-refractivity contribution is 6.30. The molecule has 0 atom stereocenters. The highest BCUT2D eigenvalue weighted by atomic mass is 35.5. The molecule has 294 valence electrons. The Hall–Kier alpha value is -4.92. The Labute approximate surface area is 333 Å². The van der Waals surface area contributed by atoms with Gasteiger partial charge in [-0.3, -0.25) is 19.0 Å². The Morgan fingerprint density at radius 2 is 1.27 bits per heavy atom. The molecule has 9 heteroatoms. The molecule has 0 spiro atoms. The molecule has 1 aromatic heterocycles. The van der Waals surface area contributed by atoms with Crippen molar-refractivity contribution in [3.63, 3.8) is 0 Å². The molecule has 55 heavy (non-hydrogen) atoms. The minimum absolute atomic E-state index is 0.0296. The molecule has 0 aliphatic heterocycles. The number of ether oxygens (including phenoxy) is 1. The summed E-state index contributed by atoms with van der Waals surface area (Å²) in [5.41, 5.74) is 2.68. The van der Waals surface area contributed by atoms with Gasteiger partial charge in [-0.1, -0.05) is 91.4 Å². The lowest BCUT2D eigenvalue weighted by Crippen LogP contribution is -2.37. The van der Waals surface area contributed by atoms with E-state index in [1.807, 2.05) is 32.2 Å². The predicted molar refractivity (Wildman–Crippen MR) is 229 cm³/mol. The van der Waals surface area contributed by atoms with Crippen LogP contribution in [0, 0.1) is 6.92 Å². The van der Waals surface area contributed by atoms with E-state index in [1.165, 1.54) is 0 Å². The van der Waals surface area contributed by atoms with E-state index in [9.17, 15) is 14.4 Å². The molecule has 1 heterocycles. The normalized spacial score (nSPS) is 12.3. The standard InChI is InChI=1S/C46H59ClN4O4/c1-5-6-7-8-9-10-11-12-13-14-15-16-17-18-19-20-21-22-23-24-44(52)48-31-33-50(3)34-32-49-45(53)36-41-37(2)51(43-30-29-40(55-4)35-42(41)43)46(54)38-25-27-39(47)28-26-38/h6-7,9-10,12-13,15-16,18-19,21-22,25-30,35H,5,8,11,14,17,20,23-24,31-34,36H2,1-4H3,(H,48,52)(H,49,53). The van der Waals surface area contributed by atoms with Crippen LogP contribution in [-0.4, -0.2) is 67.5 Å². The van der Waals surface area contributed by atoms with E-state index in [0.717, 1.165) is 49.5 Å². The molecule has 3 rings (SSSR count). The molecule has 0 saturated heterocycles. The summed E-state index contributed by atoms with van der Waals surface area (Å²) in [6.07, 6.45) is 33.2. The van der Waals surface area contributed by atoms with Crippen molar-refractivity contribution < 1.29 is 19.1 Å². The maximum atomic E-state index is 13.6. The Bertz CT molecular complexity index is 1830. The van der Waals surface area contributed by atoms with Gasteiger partial charge in [-0.15, -0.1) is 0 Å². The van der Waals surface area contributed by atoms with Crippen molar-refractivity contribution in [1.29, 1.82) is 0 Å². The van der Waals surface area contributed by atoms with Crippen molar-refractivity contribution in [1.82, 2.24) is 20.1 Å². The van der Waals surface area contributed by atoms with Gasteiger partial charge in [-0.05, 0) is 107 Å².